The quantitative estimate of drug-likeness (QED) is 0.588. The number of hydrogen-bond donors (Lipinski definition) is 3. The maximum Gasteiger partial charge on any atom is 0.302 e. The molecule has 0 saturated carbocycles. The average molecular weight is 375 g/mol. The van der Waals surface area contributed by atoms with Crippen LogP contribution in [-0.2, 0) is 19.1 Å². The minimum Gasteiger partial charge on any atom is -0.462 e. The number of fused-ring (bicyclic) bond motifs is 1. The first-order valence-corrected chi connectivity index (χ1v) is 7.98. The predicted molar refractivity (Wildman–Crippen MR) is 88.1 cm³/mol. The van der Waals surface area contributed by atoms with Crippen molar-refractivity contribution in [2.45, 2.75) is 37.8 Å². The first kappa shape index (κ1) is 18.7. The fourth-order valence-corrected chi connectivity index (χ4v) is 2.93. The minimum absolute atomic E-state index is 0.253. The fourth-order valence-electron chi connectivity index (χ4n) is 2.93. The van der Waals surface area contributed by atoms with Gasteiger partial charge in [-0.25, -0.2) is 9.50 Å². The molecule has 3 N–H and O–H groups in total. The van der Waals surface area contributed by atoms with Crippen molar-refractivity contribution in [3.05, 3.63) is 24.2 Å². The maximum atomic E-state index is 11.3. The van der Waals surface area contributed by atoms with Gasteiger partial charge in [-0.2, -0.15) is 10.4 Å². The van der Waals surface area contributed by atoms with Crippen molar-refractivity contribution in [1.29, 1.82) is 5.26 Å². The number of aliphatic hydroxyl groups excluding tert-OH is 2. The Kier molecular flexibility index (Phi) is 4.79. The number of ether oxygens (including phenoxy) is 2. The largest absolute Gasteiger partial charge is 0.462 e. The van der Waals surface area contributed by atoms with Gasteiger partial charge in [0.1, 0.15) is 42.8 Å². The van der Waals surface area contributed by atoms with E-state index < -0.39 is 36.5 Å². The molecule has 1 saturated heterocycles. The molecule has 11 heteroatoms. The molecule has 1 amide bonds. The van der Waals surface area contributed by atoms with Crippen LogP contribution in [0.2, 0.25) is 0 Å². The second-order valence-electron chi connectivity index (χ2n) is 6.10. The van der Waals surface area contributed by atoms with E-state index in [1.807, 2.05) is 0 Å². The summed E-state index contributed by atoms with van der Waals surface area (Å²) < 4.78 is 11.8. The first-order chi connectivity index (χ1) is 12.8. The molecule has 3 rings (SSSR count). The van der Waals surface area contributed by atoms with Gasteiger partial charge in [0, 0.05) is 13.8 Å². The lowest BCUT2D eigenvalue weighted by Gasteiger charge is -2.23. The third-order valence-corrected chi connectivity index (χ3v) is 4.20. The summed E-state index contributed by atoms with van der Waals surface area (Å²) in [6.07, 6.45) is -3.01. The molecule has 4 atom stereocenters. The molecular formula is C16H17N5O6. The number of anilines is 1. The van der Waals surface area contributed by atoms with Gasteiger partial charge in [0.15, 0.2) is 5.82 Å². The van der Waals surface area contributed by atoms with Crippen LogP contribution in [0.4, 0.5) is 5.82 Å². The lowest BCUT2D eigenvalue weighted by Crippen LogP contribution is -2.46. The highest BCUT2D eigenvalue weighted by molar-refractivity contribution is 5.91. The van der Waals surface area contributed by atoms with Gasteiger partial charge in [0.05, 0.1) is 5.69 Å². The molecular weight excluding hydrogens is 358 g/mol. The van der Waals surface area contributed by atoms with Gasteiger partial charge in [0.2, 0.25) is 11.5 Å². The third-order valence-electron chi connectivity index (χ3n) is 4.20. The molecule has 1 aliphatic rings. The van der Waals surface area contributed by atoms with Crippen LogP contribution in [0.1, 0.15) is 25.6 Å². The molecule has 0 spiro atoms. The van der Waals surface area contributed by atoms with Crippen molar-refractivity contribution in [3.8, 4) is 6.07 Å². The average Bonchev–Trinajstić information content (AvgIpc) is 3.15. The van der Waals surface area contributed by atoms with Crippen molar-refractivity contribution >= 4 is 23.2 Å². The molecule has 0 bridgehead atoms. The summed E-state index contributed by atoms with van der Waals surface area (Å²) in [7, 11) is 0. The van der Waals surface area contributed by atoms with Crippen molar-refractivity contribution < 1.29 is 29.3 Å². The van der Waals surface area contributed by atoms with Crippen LogP contribution in [-0.4, -0.2) is 61.1 Å². The highest BCUT2D eigenvalue weighted by Gasteiger charge is 2.56. The van der Waals surface area contributed by atoms with Gasteiger partial charge in [0.25, 0.3) is 0 Å². The maximum absolute atomic E-state index is 11.3. The number of nitrogens with one attached hydrogen (secondary N) is 1. The molecule has 1 aliphatic heterocycles. The molecule has 27 heavy (non-hydrogen) atoms. The Hall–Kier alpha value is -3.07. The monoisotopic (exact) mass is 375 g/mol. The van der Waals surface area contributed by atoms with Crippen LogP contribution in [0, 0.1) is 11.3 Å². The summed E-state index contributed by atoms with van der Waals surface area (Å²) in [6.45, 7) is 1.95. The Bertz CT molecular complexity index is 937. The number of aromatic nitrogens is 3. The van der Waals surface area contributed by atoms with Gasteiger partial charge in [-0.15, -0.1) is 0 Å². The topological polar surface area (TPSA) is 159 Å². The molecule has 0 aliphatic carbocycles. The number of amides is 1. The van der Waals surface area contributed by atoms with E-state index in [1.54, 1.807) is 18.2 Å². The van der Waals surface area contributed by atoms with Gasteiger partial charge in [-0.05, 0) is 12.1 Å². The van der Waals surface area contributed by atoms with E-state index in [2.05, 4.69) is 15.4 Å². The van der Waals surface area contributed by atoms with Crippen LogP contribution < -0.4 is 5.32 Å². The second kappa shape index (κ2) is 6.92. The molecule has 0 unspecified atom stereocenters. The lowest BCUT2D eigenvalue weighted by atomic mass is 9.96. The van der Waals surface area contributed by atoms with Gasteiger partial charge in [-0.3, -0.25) is 9.59 Å². The number of esters is 1. The Morgan fingerprint density at radius 3 is 2.81 bits per heavy atom. The molecule has 2 aromatic heterocycles. The smallest absolute Gasteiger partial charge is 0.302 e. The fraction of sp³-hybridized carbons (Fsp3) is 0.438. The van der Waals surface area contributed by atoms with Gasteiger partial charge >= 0.3 is 5.97 Å². The summed E-state index contributed by atoms with van der Waals surface area (Å²) in [5.41, 5.74) is -1.17. The first-order valence-electron chi connectivity index (χ1n) is 7.98. The highest BCUT2D eigenvalue weighted by atomic mass is 16.6. The van der Waals surface area contributed by atoms with Crippen molar-refractivity contribution in [2.24, 2.45) is 0 Å². The highest BCUT2D eigenvalue weighted by Crippen LogP contribution is 2.40. The minimum atomic E-state index is -1.92. The summed E-state index contributed by atoms with van der Waals surface area (Å²) in [5.74, 6) is -0.724. The van der Waals surface area contributed by atoms with Crippen LogP contribution in [0.3, 0.4) is 0 Å². The second-order valence-corrected chi connectivity index (χ2v) is 6.10. The van der Waals surface area contributed by atoms with E-state index in [0.29, 0.717) is 11.2 Å². The zero-order valence-corrected chi connectivity index (χ0v) is 14.5. The number of carbonyl (C=O) groups is 2. The molecule has 0 radical (unpaired) electrons. The van der Waals surface area contributed by atoms with E-state index in [1.165, 1.54) is 17.8 Å². The molecule has 1 fully saturated rings. The molecule has 3 heterocycles. The Balaban J connectivity index is 1.98. The number of aliphatic hydroxyl groups is 2. The van der Waals surface area contributed by atoms with Crippen molar-refractivity contribution in [1.82, 2.24) is 14.6 Å². The number of nitrogens with zero attached hydrogens (tertiary/aromatic N) is 4. The zero-order chi connectivity index (χ0) is 19.8. The number of nitriles is 1. The van der Waals surface area contributed by atoms with Crippen molar-refractivity contribution in [2.75, 3.05) is 11.9 Å². The zero-order valence-electron chi connectivity index (χ0n) is 14.5. The van der Waals surface area contributed by atoms with Crippen LogP contribution in [0.5, 0.6) is 0 Å². The van der Waals surface area contributed by atoms with Crippen molar-refractivity contribution in [3.63, 3.8) is 0 Å². The Labute approximate surface area is 153 Å². The van der Waals surface area contributed by atoms with E-state index >= 15 is 0 Å². The summed E-state index contributed by atoms with van der Waals surface area (Å²) >= 11 is 0. The van der Waals surface area contributed by atoms with Gasteiger partial charge in [-0.1, -0.05) is 0 Å². The van der Waals surface area contributed by atoms with E-state index in [4.69, 9.17) is 9.47 Å². The summed E-state index contributed by atoms with van der Waals surface area (Å²) in [4.78, 5) is 26.4. The lowest BCUT2D eigenvalue weighted by molar-refractivity contribution is -0.152. The Morgan fingerprint density at radius 1 is 1.44 bits per heavy atom. The third kappa shape index (κ3) is 3.21. The summed E-state index contributed by atoms with van der Waals surface area (Å²) in [5, 5.41) is 36.9. The SMILES string of the molecule is CC(=O)Nc1ncnn2c([C@@H]3O[C@](C#N)(COC(C)=O)[C@@H](O)[C@H]3O)ccc12. The number of carbonyl (C=O) groups excluding carboxylic acids is 2. The molecule has 11 nitrogen and oxygen atoms in total. The van der Waals surface area contributed by atoms with E-state index in [0.717, 1.165) is 6.92 Å². The Morgan fingerprint density at radius 2 is 2.19 bits per heavy atom. The molecule has 2 aromatic rings. The van der Waals surface area contributed by atoms with E-state index in [-0.39, 0.29) is 11.7 Å². The number of rotatable bonds is 4. The predicted octanol–water partition coefficient (Wildman–Crippen LogP) is -0.694. The normalized spacial score (nSPS) is 27.3. The van der Waals surface area contributed by atoms with Crippen LogP contribution in [0.15, 0.2) is 18.5 Å². The van der Waals surface area contributed by atoms with E-state index in [9.17, 15) is 25.1 Å². The summed E-state index contributed by atoms with van der Waals surface area (Å²) in [6, 6.07) is 4.95. The number of hydrogen-bond acceptors (Lipinski definition) is 9. The molecule has 0 aromatic carbocycles. The van der Waals surface area contributed by atoms with Gasteiger partial charge < -0.3 is 25.0 Å². The van der Waals surface area contributed by atoms with Crippen LogP contribution in [0.25, 0.3) is 5.52 Å². The standard InChI is InChI=1S/C16H17N5O6/c1-8(22)20-15-11-4-3-10(21(11)19-7-18-15)13-12(24)14(25)16(5-17,27-13)6-26-9(2)23/h3-4,7,12-14,24-25H,6H2,1-2H3,(H,18,19,20,22)/t12-,13-,14-,16+/m0/s1. The molecule has 142 valence electrons. The van der Waals surface area contributed by atoms with Crippen LogP contribution >= 0.6 is 0 Å².